The van der Waals surface area contributed by atoms with Crippen LogP contribution in [0.25, 0.3) is 0 Å². The molecule has 5 heteroatoms. The molecular formula is C14H21FN2O2. The zero-order valence-electron chi connectivity index (χ0n) is 11.6. The van der Waals surface area contributed by atoms with Crippen molar-refractivity contribution in [2.75, 3.05) is 20.2 Å². The van der Waals surface area contributed by atoms with Gasteiger partial charge in [0.1, 0.15) is 0 Å². The first kappa shape index (κ1) is 15.4. The summed E-state index contributed by atoms with van der Waals surface area (Å²) >= 11 is 0. The molecule has 1 amide bonds. The van der Waals surface area contributed by atoms with Crippen LogP contribution in [0, 0.1) is 5.82 Å². The molecule has 1 aromatic carbocycles. The molecule has 0 fully saturated rings. The molecular weight excluding hydrogens is 247 g/mol. The molecule has 0 saturated carbocycles. The van der Waals surface area contributed by atoms with E-state index in [1.54, 1.807) is 4.90 Å². The molecule has 0 unspecified atom stereocenters. The Labute approximate surface area is 113 Å². The van der Waals surface area contributed by atoms with E-state index in [9.17, 15) is 9.18 Å². The summed E-state index contributed by atoms with van der Waals surface area (Å²) in [4.78, 5) is 14.1. The molecule has 1 aromatic rings. The number of carbonyl (C=O) groups excluding carboxylic acids is 1. The molecule has 0 atom stereocenters. The van der Waals surface area contributed by atoms with Crippen molar-refractivity contribution in [2.24, 2.45) is 5.73 Å². The molecule has 0 spiro atoms. The summed E-state index contributed by atoms with van der Waals surface area (Å²) in [6.07, 6.45) is 0.738. The van der Waals surface area contributed by atoms with Crippen LogP contribution in [0.4, 0.5) is 4.39 Å². The predicted molar refractivity (Wildman–Crippen MR) is 72.8 cm³/mol. The third-order valence-electron chi connectivity index (χ3n) is 2.89. The first-order chi connectivity index (χ1) is 9.01. The molecule has 0 aliphatic carbocycles. The van der Waals surface area contributed by atoms with Crippen molar-refractivity contribution in [1.29, 1.82) is 0 Å². The topological polar surface area (TPSA) is 55.6 Å². The third kappa shape index (κ3) is 3.92. The van der Waals surface area contributed by atoms with E-state index in [2.05, 4.69) is 0 Å². The van der Waals surface area contributed by atoms with Crippen molar-refractivity contribution in [3.05, 3.63) is 29.6 Å². The van der Waals surface area contributed by atoms with Crippen LogP contribution in [0.15, 0.2) is 18.2 Å². The number of hydrogen-bond acceptors (Lipinski definition) is 3. The Morgan fingerprint density at radius 3 is 2.68 bits per heavy atom. The summed E-state index contributed by atoms with van der Waals surface area (Å²) in [5.74, 6) is -0.535. The van der Waals surface area contributed by atoms with Crippen LogP contribution in [0.2, 0.25) is 0 Å². The van der Waals surface area contributed by atoms with Gasteiger partial charge in [-0.3, -0.25) is 4.79 Å². The van der Waals surface area contributed by atoms with Crippen LogP contribution >= 0.6 is 0 Å². The molecule has 19 heavy (non-hydrogen) atoms. The number of carbonyl (C=O) groups is 1. The van der Waals surface area contributed by atoms with Gasteiger partial charge in [0.2, 0.25) is 0 Å². The largest absolute Gasteiger partial charge is 0.494 e. The summed E-state index contributed by atoms with van der Waals surface area (Å²) in [7, 11) is 1.38. The third-order valence-corrected chi connectivity index (χ3v) is 2.89. The highest BCUT2D eigenvalue weighted by Crippen LogP contribution is 2.20. The number of nitrogens with zero attached hydrogens (tertiary/aromatic N) is 1. The molecule has 0 aliphatic heterocycles. The first-order valence-electron chi connectivity index (χ1n) is 6.35. The number of nitrogens with two attached hydrogens (primary N) is 1. The van der Waals surface area contributed by atoms with Gasteiger partial charge in [0.15, 0.2) is 11.6 Å². The maximum Gasteiger partial charge on any atom is 0.254 e. The lowest BCUT2D eigenvalue weighted by Crippen LogP contribution is -2.38. The number of rotatable bonds is 6. The van der Waals surface area contributed by atoms with Crippen molar-refractivity contribution < 1.29 is 13.9 Å². The first-order valence-corrected chi connectivity index (χ1v) is 6.35. The lowest BCUT2D eigenvalue weighted by molar-refractivity contribution is 0.0704. The van der Waals surface area contributed by atoms with Gasteiger partial charge in [-0.25, -0.2) is 4.39 Å². The van der Waals surface area contributed by atoms with E-state index in [0.29, 0.717) is 18.7 Å². The zero-order valence-corrected chi connectivity index (χ0v) is 11.6. The number of ether oxygens (including phenoxy) is 1. The SMILES string of the molecule is COc1cc(C(=O)N(CCCN)C(C)C)ccc1F. The van der Waals surface area contributed by atoms with Crippen molar-refractivity contribution in [3.8, 4) is 5.75 Å². The Bertz CT molecular complexity index is 435. The second kappa shape index (κ2) is 7.09. The molecule has 106 valence electrons. The van der Waals surface area contributed by atoms with E-state index >= 15 is 0 Å². The number of benzene rings is 1. The average molecular weight is 268 g/mol. The van der Waals surface area contributed by atoms with E-state index in [0.717, 1.165) is 6.42 Å². The molecule has 4 nitrogen and oxygen atoms in total. The minimum atomic E-state index is -0.475. The summed E-state index contributed by atoms with van der Waals surface area (Å²) in [5, 5.41) is 0. The molecule has 0 saturated heterocycles. The molecule has 0 aromatic heterocycles. The van der Waals surface area contributed by atoms with Crippen molar-refractivity contribution in [3.63, 3.8) is 0 Å². The lowest BCUT2D eigenvalue weighted by atomic mass is 10.1. The Hall–Kier alpha value is -1.62. The van der Waals surface area contributed by atoms with E-state index in [-0.39, 0.29) is 17.7 Å². The molecule has 1 rings (SSSR count). The highest BCUT2D eigenvalue weighted by molar-refractivity contribution is 5.94. The normalized spacial score (nSPS) is 10.6. The van der Waals surface area contributed by atoms with Gasteiger partial charge in [-0.1, -0.05) is 0 Å². The highest BCUT2D eigenvalue weighted by Gasteiger charge is 2.19. The van der Waals surface area contributed by atoms with Crippen LogP contribution < -0.4 is 10.5 Å². The Morgan fingerprint density at radius 2 is 2.16 bits per heavy atom. The van der Waals surface area contributed by atoms with Crippen LogP contribution in [-0.4, -0.2) is 37.0 Å². The maximum absolute atomic E-state index is 13.3. The van der Waals surface area contributed by atoms with Crippen molar-refractivity contribution in [1.82, 2.24) is 4.90 Å². The van der Waals surface area contributed by atoms with Gasteiger partial charge in [-0.15, -0.1) is 0 Å². The molecule has 0 bridgehead atoms. The number of halogens is 1. The fraction of sp³-hybridized carbons (Fsp3) is 0.500. The number of methoxy groups -OCH3 is 1. The summed E-state index contributed by atoms with van der Waals surface area (Å²) < 4.78 is 18.2. The molecule has 0 heterocycles. The van der Waals surface area contributed by atoms with Crippen LogP contribution in [-0.2, 0) is 0 Å². The standard InChI is InChI=1S/C14H21FN2O2/c1-10(2)17(8-4-7-16)14(18)11-5-6-12(15)13(9-11)19-3/h5-6,9-10H,4,7-8,16H2,1-3H3. The van der Waals surface area contributed by atoms with Gasteiger partial charge in [0.25, 0.3) is 5.91 Å². The van der Waals surface area contributed by atoms with Crippen molar-refractivity contribution in [2.45, 2.75) is 26.3 Å². The van der Waals surface area contributed by atoms with Crippen LogP contribution in [0.1, 0.15) is 30.6 Å². The van der Waals surface area contributed by atoms with Crippen LogP contribution in [0.3, 0.4) is 0 Å². The summed E-state index contributed by atoms with van der Waals surface area (Å²) in [6.45, 7) is 5.00. The Morgan fingerprint density at radius 1 is 1.47 bits per heavy atom. The average Bonchev–Trinajstić information content (AvgIpc) is 2.39. The smallest absolute Gasteiger partial charge is 0.254 e. The molecule has 0 radical (unpaired) electrons. The maximum atomic E-state index is 13.3. The summed E-state index contributed by atoms with van der Waals surface area (Å²) in [5.41, 5.74) is 5.89. The van der Waals surface area contributed by atoms with Crippen LogP contribution in [0.5, 0.6) is 5.75 Å². The minimum Gasteiger partial charge on any atom is -0.494 e. The Kier molecular flexibility index (Phi) is 5.76. The predicted octanol–water partition coefficient (Wildman–Crippen LogP) is 2.03. The quantitative estimate of drug-likeness (QED) is 0.859. The van der Waals surface area contributed by atoms with E-state index in [1.165, 1.54) is 25.3 Å². The highest BCUT2D eigenvalue weighted by atomic mass is 19.1. The van der Waals surface area contributed by atoms with Gasteiger partial charge in [0.05, 0.1) is 7.11 Å². The molecule has 0 aliphatic rings. The van der Waals surface area contributed by atoms with Gasteiger partial charge < -0.3 is 15.4 Å². The van der Waals surface area contributed by atoms with E-state index in [4.69, 9.17) is 10.5 Å². The second-order valence-corrected chi connectivity index (χ2v) is 4.58. The van der Waals surface area contributed by atoms with Gasteiger partial charge >= 0.3 is 0 Å². The number of hydrogen-bond donors (Lipinski definition) is 1. The molecule has 2 N–H and O–H groups in total. The van der Waals surface area contributed by atoms with E-state index < -0.39 is 5.82 Å². The minimum absolute atomic E-state index is 0.0649. The fourth-order valence-electron chi connectivity index (χ4n) is 1.81. The van der Waals surface area contributed by atoms with Gasteiger partial charge in [-0.2, -0.15) is 0 Å². The van der Waals surface area contributed by atoms with Crippen molar-refractivity contribution >= 4 is 5.91 Å². The Balaban J connectivity index is 2.95. The fourth-order valence-corrected chi connectivity index (χ4v) is 1.81. The zero-order chi connectivity index (χ0) is 14.4. The second-order valence-electron chi connectivity index (χ2n) is 4.58. The monoisotopic (exact) mass is 268 g/mol. The van der Waals surface area contributed by atoms with Gasteiger partial charge in [0, 0.05) is 18.2 Å². The van der Waals surface area contributed by atoms with Gasteiger partial charge in [-0.05, 0) is 45.0 Å². The number of amides is 1. The lowest BCUT2D eigenvalue weighted by Gasteiger charge is -2.26. The summed E-state index contributed by atoms with van der Waals surface area (Å²) in [6, 6.07) is 4.20. The van der Waals surface area contributed by atoms with E-state index in [1.807, 2.05) is 13.8 Å².